The Balaban J connectivity index is 1.98. The summed E-state index contributed by atoms with van der Waals surface area (Å²) in [6, 6.07) is 4.04. The molecule has 1 aromatic carbocycles. The monoisotopic (exact) mass is 291 g/mol. The van der Waals surface area contributed by atoms with Gasteiger partial charge in [-0.3, -0.25) is 0 Å². The Morgan fingerprint density at radius 3 is 2.75 bits per heavy atom. The summed E-state index contributed by atoms with van der Waals surface area (Å²) in [5, 5.41) is 5.52. The maximum Gasteiger partial charge on any atom is 0.137 e. The largest absolute Gasteiger partial charge is 0.459 e. The molecule has 1 aromatic heterocycles. The molecule has 2 nitrogen and oxygen atoms in total. The van der Waals surface area contributed by atoms with Crippen molar-refractivity contribution >= 4 is 22.6 Å². The molecule has 108 valence electrons. The molecule has 1 heterocycles. The normalized spacial score (nSPS) is 15.4. The highest BCUT2D eigenvalue weighted by Crippen LogP contribution is 2.47. The average Bonchev–Trinajstić information content (AvgIpc) is 3.12. The predicted molar refractivity (Wildman–Crippen MR) is 84.5 cm³/mol. The fourth-order valence-electron chi connectivity index (χ4n) is 2.82. The molecule has 0 spiro atoms. The van der Waals surface area contributed by atoms with Crippen LogP contribution in [0.2, 0.25) is 5.02 Å². The maximum absolute atomic E-state index is 6.22. The average molecular weight is 292 g/mol. The van der Waals surface area contributed by atoms with Gasteiger partial charge >= 0.3 is 0 Å². The quantitative estimate of drug-likeness (QED) is 0.837. The standard InChI is InChI=1S/C17H22ClNO/c1-10(2)8-19-9-15-16(12-4-5-12)14-7-13(18)6-11(3)17(14)20-15/h6-7,10,12,19H,4-5,8-9H2,1-3H3. The molecule has 0 aliphatic heterocycles. The maximum atomic E-state index is 6.22. The topological polar surface area (TPSA) is 25.2 Å². The molecule has 0 atom stereocenters. The second kappa shape index (κ2) is 5.42. The molecule has 0 unspecified atom stereocenters. The van der Waals surface area contributed by atoms with Crippen molar-refractivity contribution in [3.63, 3.8) is 0 Å². The van der Waals surface area contributed by atoms with Gasteiger partial charge in [0.15, 0.2) is 0 Å². The molecule has 0 bridgehead atoms. The molecule has 20 heavy (non-hydrogen) atoms. The van der Waals surface area contributed by atoms with Crippen LogP contribution >= 0.6 is 11.6 Å². The third kappa shape index (κ3) is 2.72. The minimum absolute atomic E-state index is 0.653. The van der Waals surface area contributed by atoms with Gasteiger partial charge in [-0.1, -0.05) is 25.4 Å². The molecule has 1 fully saturated rings. The van der Waals surface area contributed by atoms with Gasteiger partial charge in [-0.25, -0.2) is 0 Å². The van der Waals surface area contributed by atoms with Crippen LogP contribution in [0, 0.1) is 12.8 Å². The number of halogens is 1. The van der Waals surface area contributed by atoms with E-state index in [1.165, 1.54) is 23.8 Å². The molecular weight excluding hydrogens is 270 g/mol. The first-order valence-corrected chi connectivity index (χ1v) is 7.86. The van der Waals surface area contributed by atoms with Crippen LogP contribution < -0.4 is 5.32 Å². The number of aryl methyl sites for hydroxylation is 1. The van der Waals surface area contributed by atoms with Gasteiger partial charge in [-0.15, -0.1) is 0 Å². The van der Waals surface area contributed by atoms with Gasteiger partial charge in [0, 0.05) is 16.0 Å². The Morgan fingerprint density at radius 1 is 1.35 bits per heavy atom. The van der Waals surface area contributed by atoms with E-state index in [0.717, 1.165) is 35.0 Å². The highest BCUT2D eigenvalue weighted by molar-refractivity contribution is 6.31. The molecule has 2 aromatic rings. The van der Waals surface area contributed by atoms with Gasteiger partial charge in [-0.2, -0.15) is 0 Å². The lowest BCUT2D eigenvalue weighted by molar-refractivity contribution is 0.480. The number of furan rings is 1. The summed E-state index contributed by atoms with van der Waals surface area (Å²) in [4.78, 5) is 0. The SMILES string of the molecule is Cc1cc(Cl)cc2c(C3CC3)c(CNCC(C)C)oc12. The van der Waals surface area contributed by atoms with E-state index in [9.17, 15) is 0 Å². The fraction of sp³-hybridized carbons (Fsp3) is 0.529. The first kappa shape index (κ1) is 14.0. The number of hydrogen-bond donors (Lipinski definition) is 1. The first-order valence-electron chi connectivity index (χ1n) is 7.48. The third-order valence-electron chi connectivity index (χ3n) is 3.88. The molecule has 1 N–H and O–H groups in total. The van der Waals surface area contributed by atoms with E-state index in [2.05, 4.69) is 32.2 Å². The molecule has 0 radical (unpaired) electrons. The van der Waals surface area contributed by atoms with Crippen molar-refractivity contribution in [2.24, 2.45) is 5.92 Å². The minimum Gasteiger partial charge on any atom is -0.459 e. The van der Waals surface area contributed by atoms with Crippen molar-refractivity contribution < 1.29 is 4.42 Å². The van der Waals surface area contributed by atoms with Crippen molar-refractivity contribution in [1.29, 1.82) is 0 Å². The van der Waals surface area contributed by atoms with Gasteiger partial charge in [0.25, 0.3) is 0 Å². The highest BCUT2D eigenvalue weighted by atomic mass is 35.5. The van der Waals surface area contributed by atoms with Crippen LogP contribution in [-0.4, -0.2) is 6.54 Å². The summed E-state index contributed by atoms with van der Waals surface area (Å²) in [6.45, 7) is 8.34. The molecule has 0 amide bonds. The zero-order chi connectivity index (χ0) is 14.3. The van der Waals surface area contributed by atoms with Gasteiger partial charge in [0.05, 0.1) is 6.54 Å². The predicted octanol–water partition coefficient (Wildman–Crippen LogP) is 5.02. The number of nitrogens with one attached hydrogen (secondary N) is 1. The lowest BCUT2D eigenvalue weighted by atomic mass is 10.0. The molecular formula is C17H22ClNO. The second-order valence-corrected chi connectivity index (χ2v) is 6.77. The van der Waals surface area contributed by atoms with E-state index in [1.807, 2.05) is 6.07 Å². The van der Waals surface area contributed by atoms with E-state index in [1.54, 1.807) is 0 Å². The number of fused-ring (bicyclic) bond motifs is 1. The fourth-order valence-corrected chi connectivity index (χ4v) is 3.09. The lowest BCUT2D eigenvalue weighted by Gasteiger charge is -2.06. The van der Waals surface area contributed by atoms with Crippen LogP contribution in [0.3, 0.4) is 0 Å². The summed E-state index contributed by atoms with van der Waals surface area (Å²) in [6.07, 6.45) is 2.55. The highest BCUT2D eigenvalue weighted by Gasteiger charge is 2.31. The van der Waals surface area contributed by atoms with Crippen LogP contribution in [0.5, 0.6) is 0 Å². The van der Waals surface area contributed by atoms with Crippen LogP contribution in [0.1, 0.15) is 49.5 Å². The van der Waals surface area contributed by atoms with E-state index >= 15 is 0 Å². The van der Waals surface area contributed by atoms with Crippen molar-refractivity contribution in [2.75, 3.05) is 6.54 Å². The first-order chi connectivity index (χ1) is 9.56. The summed E-state index contributed by atoms with van der Waals surface area (Å²) >= 11 is 6.22. The van der Waals surface area contributed by atoms with E-state index < -0.39 is 0 Å². The molecule has 1 aliphatic carbocycles. The summed E-state index contributed by atoms with van der Waals surface area (Å²) in [5.74, 6) is 2.43. The van der Waals surface area contributed by atoms with Crippen molar-refractivity contribution in [3.05, 3.63) is 34.0 Å². The lowest BCUT2D eigenvalue weighted by Crippen LogP contribution is -2.19. The van der Waals surface area contributed by atoms with E-state index in [0.29, 0.717) is 11.8 Å². The van der Waals surface area contributed by atoms with Crippen LogP contribution in [0.15, 0.2) is 16.5 Å². The second-order valence-electron chi connectivity index (χ2n) is 6.34. The summed E-state index contributed by atoms with van der Waals surface area (Å²) in [7, 11) is 0. The Kier molecular flexibility index (Phi) is 3.78. The van der Waals surface area contributed by atoms with Gasteiger partial charge in [0.2, 0.25) is 0 Å². The molecule has 1 saturated carbocycles. The van der Waals surface area contributed by atoms with E-state index in [-0.39, 0.29) is 0 Å². The Bertz CT molecular complexity index is 625. The van der Waals surface area contributed by atoms with Crippen molar-refractivity contribution in [2.45, 2.75) is 46.1 Å². The molecule has 1 aliphatic rings. The Hall–Kier alpha value is -0.990. The van der Waals surface area contributed by atoms with Gasteiger partial charge in [-0.05, 0) is 55.8 Å². The number of benzene rings is 1. The zero-order valence-electron chi connectivity index (χ0n) is 12.4. The third-order valence-corrected chi connectivity index (χ3v) is 4.10. The summed E-state index contributed by atoms with van der Waals surface area (Å²) < 4.78 is 6.15. The van der Waals surface area contributed by atoms with Gasteiger partial charge < -0.3 is 9.73 Å². The van der Waals surface area contributed by atoms with Crippen LogP contribution in [-0.2, 0) is 6.54 Å². The Morgan fingerprint density at radius 2 is 2.10 bits per heavy atom. The molecule has 0 saturated heterocycles. The summed E-state index contributed by atoms with van der Waals surface area (Å²) in [5.41, 5.74) is 3.53. The zero-order valence-corrected chi connectivity index (χ0v) is 13.2. The Labute approximate surface area is 125 Å². The molecule has 3 rings (SSSR count). The number of hydrogen-bond acceptors (Lipinski definition) is 2. The smallest absolute Gasteiger partial charge is 0.137 e. The minimum atomic E-state index is 0.653. The van der Waals surface area contributed by atoms with Crippen molar-refractivity contribution in [1.82, 2.24) is 5.32 Å². The number of rotatable bonds is 5. The van der Waals surface area contributed by atoms with Crippen LogP contribution in [0.25, 0.3) is 11.0 Å². The van der Waals surface area contributed by atoms with Gasteiger partial charge in [0.1, 0.15) is 11.3 Å². The molecule has 3 heteroatoms. The van der Waals surface area contributed by atoms with Crippen molar-refractivity contribution in [3.8, 4) is 0 Å². The van der Waals surface area contributed by atoms with Crippen LogP contribution in [0.4, 0.5) is 0 Å². The van der Waals surface area contributed by atoms with E-state index in [4.69, 9.17) is 16.0 Å².